The second-order valence-corrected chi connectivity index (χ2v) is 4.69. The Morgan fingerprint density at radius 1 is 1.13 bits per heavy atom. The van der Waals surface area contributed by atoms with Crippen LogP contribution in [0.25, 0.3) is 0 Å². The van der Waals surface area contributed by atoms with Crippen molar-refractivity contribution in [2.24, 2.45) is 4.76 Å². The van der Waals surface area contributed by atoms with Crippen molar-refractivity contribution >= 4 is 13.8 Å². The van der Waals surface area contributed by atoms with Gasteiger partial charge in [-0.15, -0.1) is 0 Å². The first-order valence-corrected chi connectivity index (χ1v) is 6.66. The summed E-state index contributed by atoms with van der Waals surface area (Å²) in [7, 11) is -3.58. The van der Waals surface area contributed by atoms with Crippen LogP contribution in [0.3, 0.4) is 0 Å². The van der Waals surface area contributed by atoms with Gasteiger partial charge in [0.1, 0.15) is 0 Å². The van der Waals surface area contributed by atoms with Gasteiger partial charge in [0.05, 0.1) is 13.2 Å². The summed E-state index contributed by atoms with van der Waals surface area (Å²) in [5.74, 6) is 0. The van der Waals surface area contributed by atoms with Gasteiger partial charge in [-0.1, -0.05) is 31.5 Å². The molecule has 0 bridgehead atoms. The smallest absolute Gasteiger partial charge is 0.291 e. The number of isocyanates is 1. The van der Waals surface area contributed by atoms with Gasteiger partial charge >= 0.3 is 7.75 Å². The molecule has 0 saturated carbocycles. The molecule has 0 aliphatic carbocycles. The Bertz CT molecular complexity index is 236. The zero-order chi connectivity index (χ0) is 11.6. The van der Waals surface area contributed by atoms with E-state index in [0.29, 0.717) is 0 Å². The lowest BCUT2D eigenvalue weighted by Gasteiger charge is -2.11. The summed E-state index contributed by atoms with van der Waals surface area (Å²) in [6.45, 7) is 4.53. The fraction of sp³-hybridized carbons (Fsp3) is 0.889. The summed E-state index contributed by atoms with van der Waals surface area (Å²) < 4.78 is 24.7. The van der Waals surface area contributed by atoms with Crippen molar-refractivity contribution in [2.75, 3.05) is 13.2 Å². The molecule has 0 radical (unpaired) electrons. The first-order valence-electron chi connectivity index (χ1n) is 5.17. The highest BCUT2D eigenvalue weighted by molar-refractivity contribution is 7.52. The van der Waals surface area contributed by atoms with Gasteiger partial charge in [0, 0.05) is 0 Å². The van der Waals surface area contributed by atoms with Gasteiger partial charge in [-0.05, 0) is 12.8 Å². The van der Waals surface area contributed by atoms with Crippen LogP contribution in [0.1, 0.15) is 39.5 Å². The van der Waals surface area contributed by atoms with Crippen molar-refractivity contribution in [3.63, 3.8) is 0 Å². The lowest BCUT2D eigenvalue weighted by molar-refractivity contribution is 0.200. The third-order valence-corrected chi connectivity index (χ3v) is 3.01. The Labute approximate surface area is 90.5 Å². The minimum Gasteiger partial charge on any atom is -0.291 e. The van der Waals surface area contributed by atoms with Crippen molar-refractivity contribution in [2.45, 2.75) is 39.5 Å². The van der Waals surface area contributed by atoms with E-state index in [1.54, 1.807) is 0 Å². The predicted octanol–water partition coefficient (Wildman–Crippen LogP) is 3.06. The maximum atomic E-state index is 11.7. The third-order valence-electron chi connectivity index (χ3n) is 1.67. The first kappa shape index (κ1) is 14.5. The zero-order valence-corrected chi connectivity index (χ0v) is 10.2. The van der Waals surface area contributed by atoms with Gasteiger partial charge in [-0.2, -0.15) is 0 Å². The summed E-state index contributed by atoms with van der Waals surface area (Å²) >= 11 is 0. The average Bonchev–Trinajstić information content (AvgIpc) is 2.19. The molecule has 88 valence electrons. The fourth-order valence-electron chi connectivity index (χ4n) is 0.793. The summed E-state index contributed by atoms with van der Waals surface area (Å²) in [5.41, 5.74) is 0. The number of rotatable bonds is 9. The van der Waals surface area contributed by atoms with E-state index >= 15 is 0 Å². The van der Waals surface area contributed by atoms with Crippen LogP contribution >= 0.6 is 7.75 Å². The van der Waals surface area contributed by atoms with Crippen LogP contribution in [0.4, 0.5) is 0 Å². The van der Waals surface area contributed by atoms with Gasteiger partial charge in [-0.3, -0.25) is 9.05 Å². The molecular formula is C9H18NO4P. The monoisotopic (exact) mass is 235 g/mol. The van der Waals surface area contributed by atoms with Gasteiger partial charge in [0.2, 0.25) is 6.08 Å². The Morgan fingerprint density at radius 3 is 1.93 bits per heavy atom. The van der Waals surface area contributed by atoms with Crippen LogP contribution in [-0.4, -0.2) is 19.3 Å². The summed E-state index contributed by atoms with van der Waals surface area (Å²) in [4.78, 5) is 10.1. The third kappa shape index (κ3) is 7.46. The van der Waals surface area contributed by atoms with Crippen LogP contribution in [0.5, 0.6) is 0 Å². The van der Waals surface area contributed by atoms with Gasteiger partial charge in [0.15, 0.2) is 0 Å². The molecule has 15 heavy (non-hydrogen) atoms. The molecule has 0 amide bonds. The van der Waals surface area contributed by atoms with Crippen molar-refractivity contribution < 1.29 is 18.4 Å². The molecule has 0 aromatic carbocycles. The molecule has 0 aliphatic rings. The van der Waals surface area contributed by atoms with Crippen LogP contribution in [0.2, 0.25) is 0 Å². The Kier molecular flexibility index (Phi) is 8.53. The van der Waals surface area contributed by atoms with Crippen LogP contribution < -0.4 is 0 Å². The van der Waals surface area contributed by atoms with Crippen molar-refractivity contribution in [3.05, 3.63) is 0 Å². The Morgan fingerprint density at radius 2 is 1.60 bits per heavy atom. The molecule has 5 nitrogen and oxygen atoms in total. The highest BCUT2D eigenvalue weighted by atomic mass is 31.2. The van der Waals surface area contributed by atoms with Crippen LogP contribution in [-0.2, 0) is 18.4 Å². The van der Waals surface area contributed by atoms with Gasteiger partial charge in [0.25, 0.3) is 0 Å². The van der Waals surface area contributed by atoms with E-state index in [2.05, 4.69) is 4.76 Å². The molecule has 6 heteroatoms. The quantitative estimate of drug-likeness (QED) is 0.266. The van der Waals surface area contributed by atoms with Crippen LogP contribution in [0.15, 0.2) is 4.76 Å². The molecule has 0 atom stereocenters. The van der Waals surface area contributed by atoms with E-state index in [9.17, 15) is 9.36 Å². The van der Waals surface area contributed by atoms with E-state index in [1.165, 1.54) is 6.08 Å². The molecule has 0 aliphatic heterocycles. The van der Waals surface area contributed by atoms with Gasteiger partial charge < -0.3 is 0 Å². The SMILES string of the molecule is CCCCOP(=O)(N=C=O)OCCCC. The largest absolute Gasteiger partial charge is 0.464 e. The number of hydrogen-bond acceptors (Lipinski definition) is 4. The highest BCUT2D eigenvalue weighted by Gasteiger charge is 2.23. The minimum atomic E-state index is -3.58. The molecule has 0 saturated heterocycles. The standard InChI is InChI=1S/C9H18NO4P/c1-3-5-7-13-15(12,10-9-11)14-8-6-4-2/h3-8H2,1-2H3. The molecule has 0 aromatic rings. The lowest BCUT2D eigenvalue weighted by Crippen LogP contribution is -1.97. The van der Waals surface area contributed by atoms with E-state index in [4.69, 9.17) is 9.05 Å². The topological polar surface area (TPSA) is 65.0 Å². The summed E-state index contributed by atoms with van der Waals surface area (Å²) in [6, 6.07) is 0. The lowest BCUT2D eigenvalue weighted by atomic mass is 10.4. The number of unbranched alkanes of at least 4 members (excludes halogenated alkanes) is 2. The molecule has 0 rings (SSSR count). The number of carbonyl (C=O) groups excluding carboxylic acids is 1. The van der Waals surface area contributed by atoms with Crippen molar-refractivity contribution in [1.82, 2.24) is 0 Å². The molecule has 0 aromatic heterocycles. The second-order valence-electron chi connectivity index (χ2n) is 3.03. The predicted molar refractivity (Wildman–Crippen MR) is 57.4 cm³/mol. The van der Waals surface area contributed by atoms with Crippen molar-refractivity contribution in [3.8, 4) is 0 Å². The Balaban J connectivity index is 4.07. The molecule has 0 N–H and O–H groups in total. The highest BCUT2D eigenvalue weighted by Crippen LogP contribution is 2.49. The van der Waals surface area contributed by atoms with E-state index in [0.717, 1.165) is 25.7 Å². The molecule has 0 unspecified atom stereocenters. The molecular weight excluding hydrogens is 217 g/mol. The molecule has 0 heterocycles. The van der Waals surface area contributed by atoms with Gasteiger partial charge in [-0.25, -0.2) is 9.36 Å². The summed E-state index contributed by atoms with van der Waals surface area (Å²) in [6.07, 6.45) is 4.58. The average molecular weight is 235 g/mol. The van der Waals surface area contributed by atoms with E-state index in [1.807, 2.05) is 13.8 Å². The second kappa shape index (κ2) is 8.81. The minimum absolute atomic E-state index is 0.283. The Hall–Kier alpha value is -0.470. The molecule has 0 spiro atoms. The maximum absolute atomic E-state index is 11.7. The normalized spacial score (nSPS) is 11.1. The maximum Gasteiger partial charge on any atom is 0.464 e. The first-order chi connectivity index (χ1) is 7.18. The molecule has 0 fully saturated rings. The van der Waals surface area contributed by atoms with Crippen molar-refractivity contribution in [1.29, 1.82) is 0 Å². The number of hydrogen-bond donors (Lipinski definition) is 0. The summed E-state index contributed by atoms with van der Waals surface area (Å²) in [5, 5.41) is 0. The zero-order valence-electron chi connectivity index (χ0n) is 9.27. The van der Waals surface area contributed by atoms with E-state index in [-0.39, 0.29) is 13.2 Å². The fourth-order valence-corrected chi connectivity index (χ4v) is 1.80. The van der Waals surface area contributed by atoms with Crippen LogP contribution in [0, 0.1) is 0 Å². The number of nitrogens with zero attached hydrogens (tertiary/aromatic N) is 1. The van der Waals surface area contributed by atoms with E-state index < -0.39 is 7.75 Å².